The highest BCUT2D eigenvalue weighted by atomic mass is 16.5. The Morgan fingerprint density at radius 3 is 2.90 bits per heavy atom. The number of aliphatic carboxylic acids is 1. The van der Waals surface area contributed by atoms with Crippen LogP contribution in [-0.4, -0.2) is 57.4 Å². The third kappa shape index (κ3) is 3.60. The van der Waals surface area contributed by atoms with Crippen molar-refractivity contribution in [3.8, 4) is 11.4 Å². The predicted octanol–water partition coefficient (Wildman–Crippen LogP) is -0.304. The Balaban J connectivity index is 2.16. The Hall–Kier alpha value is -2.81. The molecule has 1 heterocycles. The van der Waals surface area contributed by atoms with E-state index in [4.69, 9.17) is 9.84 Å². The molecule has 3 N–H and O–H groups in total. The van der Waals surface area contributed by atoms with Crippen LogP contribution in [0.1, 0.15) is 10.4 Å². The van der Waals surface area contributed by atoms with Crippen LogP contribution >= 0.6 is 0 Å². The summed E-state index contributed by atoms with van der Waals surface area (Å²) in [5, 5.41) is 24.7. The van der Waals surface area contributed by atoms with Crippen molar-refractivity contribution < 1.29 is 19.4 Å². The first-order valence-electron chi connectivity index (χ1n) is 5.98. The Morgan fingerprint density at radius 2 is 2.29 bits per heavy atom. The maximum atomic E-state index is 12.1. The molecule has 0 saturated carbocycles. The van der Waals surface area contributed by atoms with Crippen molar-refractivity contribution in [2.45, 2.75) is 6.04 Å². The predicted molar refractivity (Wildman–Crippen MR) is 70.4 cm³/mol. The van der Waals surface area contributed by atoms with Crippen LogP contribution in [-0.2, 0) is 9.53 Å². The highest BCUT2D eigenvalue weighted by Crippen LogP contribution is 2.14. The van der Waals surface area contributed by atoms with Gasteiger partial charge in [-0.15, -0.1) is 10.2 Å². The topological polar surface area (TPSA) is 130 Å². The van der Waals surface area contributed by atoms with Crippen LogP contribution in [0, 0.1) is 0 Å². The van der Waals surface area contributed by atoms with Crippen LogP contribution in [0.15, 0.2) is 24.3 Å². The first-order chi connectivity index (χ1) is 10.1. The Morgan fingerprint density at radius 1 is 1.48 bits per heavy atom. The molecule has 0 aliphatic heterocycles. The first kappa shape index (κ1) is 14.6. The lowest BCUT2D eigenvalue weighted by atomic mass is 10.1. The molecular formula is C12H13N5O4. The van der Waals surface area contributed by atoms with E-state index in [1.54, 1.807) is 24.3 Å². The van der Waals surface area contributed by atoms with E-state index < -0.39 is 17.9 Å². The van der Waals surface area contributed by atoms with Crippen molar-refractivity contribution in [1.29, 1.82) is 0 Å². The average molecular weight is 291 g/mol. The zero-order valence-corrected chi connectivity index (χ0v) is 11.1. The lowest BCUT2D eigenvalue weighted by molar-refractivity contribution is -0.140. The summed E-state index contributed by atoms with van der Waals surface area (Å²) in [6, 6.07) is 5.35. The van der Waals surface area contributed by atoms with Crippen molar-refractivity contribution in [3.05, 3.63) is 29.8 Å². The SMILES string of the molecule is COCC(NC(=O)c1cccc(-c2nn[nH]n2)c1)C(=O)O. The Bertz CT molecular complexity index is 628. The molecule has 21 heavy (non-hydrogen) atoms. The third-order valence-electron chi connectivity index (χ3n) is 2.67. The molecule has 1 aromatic carbocycles. The molecule has 0 radical (unpaired) electrons. The molecule has 110 valence electrons. The first-order valence-corrected chi connectivity index (χ1v) is 5.98. The largest absolute Gasteiger partial charge is 0.480 e. The summed E-state index contributed by atoms with van der Waals surface area (Å²) in [5.74, 6) is -1.35. The van der Waals surface area contributed by atoms with Gasteiger partial charge in [-0.05, 0) is 17.3 Å². The number of carboxylic acid groups (broad SMARTS) is 1. The second kappa shape index (κ2) is 6.57. The van der Waals surface area contributed by atoms with Gasteiger partial charge in [0.25, 0.3) is 5.91 Å². The van der Waals surface area contributed by atoms with E-state index in [-0.39, 0.29) is 6.61 Å². The smallest absolute Gasteiger partial charge is 0.328 e. The average Bonchev–Trinajstić information content (AvgIpc) is 3.01. The number of amides is 1. The molecule has 0 saturated heterocycles. The van der Waals surface area contributed by atoms with Crippen LogP contribution in [0.4, 0.5) is 0 Å². The number of ether oxygens (including phenoxy) is 1. The maximum Gasteiger partial charge on any atom is 0.328 e. The van der Waals surface area contributed by atoms with E-state index in [0.29, 0.717) is 17.0 Å². The summed E-state index contributed by atoms with van der Waals surface area (Å²) in [6.45, 7) is -0.119. The lowest BCUT2D eigenvalue weighted by Crippen LogP contribution is -2.43. The summed E-state index contributed by atoms with van der Waals surface area (Å²) < 4.78 is 4.76. The molecule has 9 nitrogen and oxygen atoms in total. The molecule has 2 aromatic rings. The molecular weight excluding hydrogens is 278 g/mol. The van der Waals surface area contributed by atoms with Gasteiger partial charge in [0.2, 0.25) is 5.82 Å². The maximum absolute atomic E-state index is 12.1. The standard InChI is InChI=1S/C12H13N5O4/c1-21-6-9(12(19)20)13-11(18)8-4-2-3-7(5-8)10-14-16-17-15-10/h2-5,9H,6H2,1H3,(H,13,18)(H,19,20)(H,14,15,16,17). The van der Waals surface area contributed by atoms with E-state index in [1.165, 1.54) is 7.11 Å². The van der Waals surface area contributed by atoms with Crippen LogP contribution in [0.2, 0.25) is 0 Å². The number of rotatable bonds is 6. The second-order valence-corrected chi connectivity index (χ2v) is 4.14. The summed E-state index contributed by atoms with van der Waals surface area (Å²) in [7, 11) is 1.36. The normalized spacial score (nSPS) is 11.9. The highest BCUT2D eigenvalue weighted by molar-refractivity contribution is 5.97. The van der Waals surface area contributed by atoms with Gasteiger partial charge in [0.15, 0.2) is 6.04 Å². The number of carbonyl (C=O) groups is 2. The molecule has 0 fully saturated rings. The van der Waals surface area contributed by atoms with Gasteiger partial charge in [-0.3, -0.25) is 4.79 Å². The number of tetrazole rings is 1. The van der Waals surface area contributed by atoms with E-state index in [2.05, 4.69) is 25.9 Å². The van der Waals surface area contributed by atoms with Gasteiger partial charge in [-0.2, -0.15) is 5.21 Å². The number of aromatic nitrogens is 4. The number of carboxylic acids is 1. The molecule has 0 spiro atoms. The number of hydrogen-bond donors (Lipinski definition) is 3. The summed E-state index contributed by atoms with van der Waals surface area (Å²) in [5.41, 5.74) is 0.884. The Kier molecular flexibility index (Phi) is 4.57. The van der Waals surface area contributed by atoms with Gasteiger partial charge < -0.3 is 15.2 Å². The van der Waals surface area contributed by atoms with Crippen LogP contribution in [0.3, 0.4) is 0 Å². The van der Waals surface area contributed by atoms with Gasteiger partial charge in [0, 0.05) is 18.2 Å². The van der Waals surface area contributed by atoms with Gasteiger partial charge in [-0.25, -0.2) is 4.79 Å². The molecule has 9 heteroatoms. The minimum atomic E-state index is -1.17. The van der Waals surface area contributed by atoms with Crippen LogP contribution < -0.4 is 5.32 Å². The fraction of sp³-hybridized carbons (Fsp3) is 0.250. The Labute approximate surface area is 119 Å². The minimum absolute atomic E-state index is 0.119. The molecule has 2 rings (SSSR count). The van der Waals surface area contributed by atoms with E-state index in [1.807, 2.05) is 0 Å². The molecule has 0 aliphatic carbocycles. The molecule has 1 unspecified atom stereocenters. The van der Waals surface area contributed by atoms with Crippen LogP contribution in [0.5, 0.6) is 0 Å². The van der Waals surface area contributed by atoms with Crippen molar-refractivity contribution in [1.82, 2.24) is 25.9 Å². The molecule has 0 aliphatic rings. The monoisotopic (exact) mass is 291 g/mol. The number of H-pyrrole nitrogens is 1. The number of methoxy groups -OCH3 is 1. The van der Waals surface area contributed by atoms with Gasteiger partial charge in [0.05, 0.1) is 6.61 Å². The quantitative estimate of drug-likeness (QED) is 0.665. The molecule has 0 bridgehead atoms. The summed E-state index contributed by atoms with van der Waals surface area (Å²) in [4.78, 5) is 23.0. The fourth-order valence-electron chi connectivity index (χ4n) is 1.67. The van der Waals surface area contributed by atoms with E-state index >= 15 is 0 Å². The number of hydrogen-bond acceptors (Lipinski definition) is 6. The molecule has 1 aromatic heterocycles. The summed E-state index contributed by atoms with van der Waals surface area (Å²) >= 11 is 0. The zero-order valence-electron chi connectivity index (χ0n) is 11.1. The van der Waals surface area contributed by atoms with E-state index in [0.717, 1.165) is 0 Å². The van der Waals surface area contributed by atoms with Gasteiger partial charge in [0.1, 0.15) is 0 Å². The molecule has 1 atom stereocenters. The van der Waals surface area contributed by atoms with E-state index in [9.17, 15) is 9.59 Å². The van der Waals surface area contributed by atoms with Crippen LogP contribution in [0.25, 0.3) is 11.4 Å². The number of benzene rings is 1. The number of carbonyl (C=O) groups excluding carboxylic acids is 1. The second-order valence-electron chi connectivity index (χ2n) is 4.14. The molecule has 1 amide bonds. The lowest BCUT2D eigenvalue weighted by Gasteiger charge is -2.13. The number of nitrogens with one attached hydrogen (secondary N) is 2. The number of aromatic amines is 1. The minimum Gasteiger partial charge on any atom is -0.480 e. The van der Waals surface area contributed by atoms with Crippen molar-refractivity contribution >= 4 is 11.9 Å². The van der Waals surface area contributed by atoms with Gasteiger partial charge >= 0.3 is 5.97 Å². The van der Waals surface area contributed by atoms with Crippen molar-refractivity contribution in [2.75, 3.05) is 13.7 Å². The number of nitrogens with zero attached hydrogens (tertiary/aromatic N) is 3. The third-order valence-corrected chi connectivity index (χ3v) is 2.67. The zero-order chi connectivity index (χ0) is 15.2. The highest BCUT2D eigenvalue weighted by Gasteiger charge is 2.20. The van der Waals surface area contributed by atoms with Crippen molar-refractivity contribution in [2.24, 2.45) is 0 Å². The van der Waals surface area contributed by atoms with Gasteiger partial charge in [-0.1, -0.05) is 12.1 Å². The summed E-state index contributed by atoms with van der Waals surface area (Å²) in [6.07, 6.45) is 0. The van der Waals surface area contributed by atoms with Crippen molar-refractivity contribution in [3.63, 3.8) is 0 Å². The fourth-order valence-corrected chi connectivity index (χ4v) is 1.67.